The van der Waals surface area contributed by atoms with E-state index in [1.54, 1.807) is 13.8 Å². The molecule has 2 aromatic heterocycles. The van der Waals surface area contributed by atoms with E-state index in [1.165, 1.54) is 12.1 Å². The first-order valence-corrected chi connectivity index (χ1v) is 8.62. The Morgan fingerprint density at radius 3 is 2.75 bits per heavy atom. The number of hydrogen-bond acceptors (Lipinski definition) is 7. The van der Waals surface area contributed by atoms with E-state index in [4.69, 9.17) is 18.8 Å². The molecule has 3 rings (SSSR count). The van der Waals surface area contributed by atoms with E-state index in [2.05, 4.69) is 5.16 Å². The minimum atomic E-state index is -3.96. The molecule has 1 aliphatic heterocycles. The van der Waals surface area contributed by atoms with Crippen LogP contribution < -0.4 is 0 Å². The van der Waals surface area contributed by atoms with E-state index >= 15 is 0 Å². The van der Waals surface area contributed by atoms with Crippen LogP contribution in [0.4, 0.5) is 0 Å². The molecule has 130 valence electrons. The van der Waals surface area contributed by atoms with Crippen molar-refractivity contribution in [2.45, 2.75) is 25.0 Å². The van der Waals surface area contributed by atoms with E-state index in [0.717, 1.165) is 9.87 Å². The average molecular weight is 356 g/mol. The van der Waals surface area contributed by atoms with Gasteiger partial charge in [0.25, 0.3) is 10.0 Å². The second-order valence-corrected chi connectivity index (χ2v) is 7.27. The zero-order chi connectivity index (χ0) is 17.5. The van der Waals surface area contributed by atoms with Crippen molar-refractivity contribution in [1.29, 1.82) is 0 Å². The maximum atomic E-state index is 12.6. The minimum Gasteiger partial charge on any atom is -0.479 e. The molecule has 0 bridgehead atoms. The Hall–Kier alpha value is -2.17. The van der Waals surface area contributed by atoms with Gasteiger partial charge in [0.2, 0.25) is 10.9 Å². The molecule has 24 heavy (non-hydrogen) atoms. The summed E-state index contributed by atoms with van der Waals surface area (Å²) in [6, 6.07) is 2.79. The van der Waals surface area contributed by atoms with Crippen molar-refractivity contribution in [3.63, 3.8) is 0 Å². The Labute approximate surface area is 137 Å². The fourth-order valence-electron chi connectivity index (χ4n) is 2.35. The molecule has 9 nitrogen and oxygen atoms in total. The highest BCUT2D eigenvalue weighted by Crippen LogP contribution is 2.30. The van der Waals surface area contributed by atoms with Gasteiger partial charge in [-0.05, 0) is 26.0 Å². The van der Waals surface area contributed by atoms with Crippen molar-refractivity contribution >= 4 is 16.0 Å². The van der Waals surface area contributed by atoms with Crippen LogP contribution in [0, 0.1) is 13.8 Å². The van der Waals surface area contributed by atoms with E-state index in [9.17, 15) is 13.2 Å². The summed E-state index contributed by atoms with van der Waals surface area (Å²) >= 11 is 0. The Balaban J connectivity index is 1.88. The second-order valence-electron chi connectivity index (χ2n) is 5.40. The average Bonchev–Trinajstić information content (AvgIpc) is 3.16. The van der Waals surface area contributed by atoms with Crippen molar-refractivity contribution < 1.29 is 32.0 Å². The Bertz CT molecular complexity index is 868. The monoisotopic (exact) mass is 356 g/mol. The van der Waals surface area contributed by atoms with Crippen molar-refractivity contribution in [2.24, 2.45) is 0 Å². The van der Waals surface area contributed by atoms with Crippen LogP contribution in [-0.4, -0.2) is 54.8 Å². The number of aromatic nitrogens is 1. The molecular formula is C14H16N2O7S. The van der Waals surface area contributed by atoms with Gasteiger partial charge in [0.1, 0.15) is 0 Å². The number of carbonyl (C=O) groups is 1. The lowest BCUT2D eigenvalue weighted by atomic mass is 10.2. The smallest absolute Gasteiger partial charge is 0.334 e. The van der Waals surface area contributed by atoms with E-state index < -0.39 is 22.1 Å². The highest BCUT2D eigenvalue weighted by atomic mass is 32.2. The van der Waals surface area contributed by atoms with Gasteiger partial charge in [-0.2, -0.15) is 4.31 Å². The molecule has 1 atom stereocenters. The summed E-state index contributed by atoms with van der Waals surface area (Å²) in [7, 11) is -3.96. The maximum absolute atomic E-state index is 12.6. The van der Waals surface area contributed by atoms with E-state index in [0.29, 0.717) is 11.5 Å². The fraction of sp³-hybridized carbons (Fsp3) is 0.429. The van der Waals surface area contributed by atoms with Gasteiger partial charge in [0.05, 0.1) is 18.8 Å². The van der Waals surface area contributed by atoms with E-state index in [1.807, 2.05) is 0 Å². The van der Waals surface area contributed by atoms with Gasteiger partial charge in [-0.1, -0.05) is 5.16 Å². The molecule has 10 heteroatoms. The Morgan fingerprint density at radius 1 is 1.38 bits per heavy atom. The normalized spacial score (nSPS) is 19.5. The van der Waals surface area contributed by atoms with Gasteiger partial charge in [0, 0.05) is 12.1 Å². The lowest BCUT2D eigenvalue weighted by Crippen LogP contribution is -2.48. The zero-order valence-corrected chi connectivity index (χ0v) is 13.9. The molecular weight excluding hydrogens is 340 g/mol. The molecule has 2 aromatic rings. The summed E-state index contributed by atoms with van der Waals surface area (Å²) in [5.41, 5.74) is 1.44. The standard InChI is InChI=1S/C14H16N2O7S/c1-8-9(2)15-23-13(8)10-3-4-12(22-10)24(19,20)16-5-6-21-11(7-16)14(17)18/h3-4,11H,5-7H2,1-2H3,(H,17,18). The number of aryl methyl sites for hydroxylation is 1. The fourth-order valence-corrected chi connectivity index (χ4v) is 3.68. The molecule has 1 aliphatic rings. The first-order chi connectivity index (χ1) is 11.3. The molecule has 0 spiro atoms. The first kappa shape index (κ1) is 16.7. The van der Waals surface area contributed by atoms with Gasteiger partial charge in [0.15, 0.2) is 11.9 Å². The number of ether oxygens (including phenoxy) is 1. The van der Waals surface area contributed by atoms with Gasteiger partial charge >= 0.3 is 5.97 Å². The number of furan rings is 1. The van der Waals surface area contributed by atoms with Crippen LogP contribution in [0.5, 0.6) is 0 Å². The SMILES string of the molecule is Cc1noc(-c2ccc(S(=O)(=O)N3CCOC(C(=O)O)C3)o2)c1C. The lowest BCUT2D eigenvalue weighted by molar-refractivity contribution is -0.153. The van der Waals surface area contributed by atoms with Gasteiger partial charge in [-0.15, -0.1) is 0 Å². The van der Waals surface area contributed by atoms with Crippen LogP contribution in [0.3, 0.4) is 0 Å². The number of sulfonamides is 1. The third-order valence-corrected chi connectivity index (χ3v) is 5.60. The molecule has 0 aromatic carbocycles. The highest BCUT2D eigenvalue weighted by Gasteiger charge is 2.36. The number of hydrogen-bond donors (Lipinski definition) is 1. The molecule has 1 fully saturated rings. The summed E-state index contributed by atoms with van der Waals surface area (Å²) in [6.45, 7) is 3.35. The third kappa shape index (κ3) is 2.83. The van der Waals surface area contributed by atoms with Crippen LogP contribution in [0.1, 0.15) is 11.3 Å². The molecule has 0 radical (unpaired) electrons. The zero-order valence-electron chi connectivity index (χ0n) is 13.1. The number of nitrogens with zero attached hydrogens (tertiary/aromatic N) is 2. The molecule has 1 N–H and O–H groups in total. The Kier molecular flexibility index (Phi) is 4.20. The molecule has 1 saturated heterocycles. The third-order valence-electron chi connectivity index (χ3n) is 3.86. The largest absolute Gasteiger partial charge is 0.479 e. The number of carboxylic acids is 1. The lowest BCUT2D eigenvalue weighted by Gasteiger charge is -2.29. The predicted octanol–water partition coefficient (Wildman–Crippen LogP) is 1.03. The molecule has 0 amide bonds. The summed E-state index contributed by atoms with van der Waals surface area (Å²) in [5.74, 6) is -0.600. The first-order valence-electron chi connectivity index (χ1n) is 7.18. The molecule has 1 unspecified atom stereocenters. The minimum absolute atomic E-state index is 0.00414. The highest BCUT2D eigenvalue weighted by molar-refractivity contribution is 7.89. The van der Waals surface area contributed by atoms with Crippen LogP contribution in [0.15, 0.2) is 26.2 Å². The molecule has 0 saturated carbocycles. The molecule has 0 aliphatic carbocycles. The van der Waals surface area contributed by atoms with E-state index in [-0.39, 0.29) is 30.5 Å². The van der Waals surface area contributed by atoms with Crippen LogP contribution in [0.25, 0.3) is 11.5 Å². The summed E-state index contributed by atoms with van der Waals surface area (Å²) in [5, 5.41) is 12.5. The maximum Gasteiger partial charge on any atom is 0.334 e. The summed E-state index contributed by atoms with van der Waals surface area (Å²) in [6.07, 6.45) is -1.19. The topological polar surface area (TPSA) is 123 Å². The van der Waals surface area contributed by atoms with Crippen molar-refractivity contribution in [2.75, 3.05) is 19.7 Å². The second kappa shape index (κ2) is 6.04. The van der Waals surface area contributed by atoms with Crippen molar-refractivity contribution in [1.82, 2.24) is 9.46 Å². The quantitative estimate of drug-likeness (QED) is 0.861. The number of morpholine rings is 1. The van der Waals surface area contributed by atoms with Crippen LogP contribution in [0.2, 0.25) is 0 Å². The number of rotatable bonds is 4. The van der Waals surface area contributed by atoms with Gasteiger partial charge < -0.3 is 18.8 Å². The van der Waals surface area contributed by atoms with Gasteiger partial charge in [-0.3, -0.25) is 0 Å². The van der Waals surface area contributed by atoms with Gasteiger partial charge in [-0.25, -0.2) is 13.2 Å². The summed E-state index contributed by atoms with van der Waals surface area (Å²) in [4.78, 5) is 11.0. The van der Waals surface area contributed by atoms with Crippen molar-refractivity contribution in [3.05, 3.63) is 23.4 Å². The Morgan fingerprint density at radius 2 is 2.12 bits per heavy atom. The number of aliphatic carboxylic acids is 1. The predicted molar refractivity (Wildman–Crippen MR) is 79.8 cm³/mol. The number of carboxylic acid groups (broad SMARTS) is 1. The van der Waals surface area contributed by atoms with Crippen molar-refractivity contribution in [3.8, 4) is 11.5 Å². The van der Waals surface area contributed by atoms with Crippen LogP contribution in [-0.2, 0) is 19.6 Å². The summed E-state index contributed by atoms with van der Waals surface area (Å²) < 4.78 is 41.9. The molecule has 3 heterocycles. The van der Waals surface area contributed by atoms with Crippen LogP contribution >= 0.6 is 0 Å².